The lowest BCUT2D eigenvalue weighted by Crippen LogP contribution is -2.45. The van der Waals surface area contributed by atoms with E-state index in [0.29, 0.717) is 11.4 Å². The number of carboxylic acid groups (broad SMARTS) is 1. The van der Waals surface area contributed by atoms with Gasteiger partial charge in [0.1, 0.15) is 5.75 Å². The van der Waals surface area contributed by atoms with Crippen LogP contribution in [0, 0.1) is 0 Å². The van der Waals surface area contributed by atoms with Gasteiger partial charge in [0.15, 0.2) is 6.61 Å². The maximum absolute atomic E-state index is 11.9. The molecule has 1 aromatic rings. The van der Waals surface area contributed by atoms with E-state index in [2.05, 4.69) is 17.6 Å². The van der Waals surface area contributed by atoms with E-state index in [4.69, 9.17) is 9.84 Å². The molecule has 2 amide bonds. The second-order valence-corrected chi connectivity index (χ2v) is 5.42. The predicted molar refractivity (Wildman–Crippen MR) is 80.7 cm³/mol. The van der Waals surface area contributed by atoms with Gasteiger partial charge in [0.2, 0.25) is 0 Å². The van der Waals surface area contributed by atoms with Crippen LogP contribution in [0.4, 0.5) is 10.5 Å². The van der Waals surface area contributed by atoms with Gasteiger partial charge in [-0.1, -0.05) is 19.4 Å². The van der Waals surface area contributed by atoms with Crippen LogP contribution >= 0.6 is 0 Å². The van der Waals surface area contributed by atoms with Crippen molar-refractivity contribution in [3.8, 4) is 5.75 Å². The summed E-state index contributed by atoms with van der Waals surface area (Å²) in [5, 5.41) is 14.2. The lowest BCUT2D eigenvalue weighted by atomic mass is 9.99. The van der Waals surface area contributed by atoms with Crippen LogP contribution in [0.3, 0.4) is 0 Å². The number of urea groups is 1. The molecular weight excluding hydrogens is 272 g/mol. The summed E-state index contributed by atoms with van der Waals surface area (Å²) in [6.07, 6.45) is 1.86. The molecule has 3 N–H and O–H groups in total. The Bertz CT molecular complexity index is 500. The zero-order valence-corrected chi connectivity index (χ0v) is 12.6. The molecular formula is C15H22N2O4. The van der Waals surface area contributed by atoms with E-state index in [-0.39, 0.29) is 11.6 Å². The van der Waals surface area contributed by atoms with Crippen molar-refractivity contribution in [2.24, 2.45) is 0 Å². The van der Waals surface area contributed by atoms with Gasteiger partial charge in [0.05, 0.1) is 0 Å². The molecule has 0 heterocycles. The summed E-state index contributed by atoms with van der Waals surface area (Å²) in [6.45, 7) is 5.56. The molecule has 0 aliphatic rings. The summed E-state index contributed by atoms with van der Waals surface area (Å²) < 4.78 is 5.06. The molecule has 0 radical (unpaired) electrons. The van der Waals surface area contributed by atoms with Crippen molar-refractivity contribution in [1.82, 2.24) is 5.32 Å². The highest BCUT2D eigenvalue weighted by Crippen LogP contribution is 2.18. The van der Waals surface area contributed by atoms with Gasteiger partial charge in [-0.15, -0.1) is 0 Å². The number of aliphatic carboxylic acids is 1. The maximum Gasteiger partial charge on any atom is 0.341 e. The van der Waals surface area contributed by atoms with Crippen molar-refractivity contribution < 1.29 is 19.4 Å². The van der Waals surface area contributed by atoms with Gasteiger partial charge in [-0.3, -0.25) is 0 Å². The van der Waals surface area contributed by atoms with Gasteiger partial charge in [0.25, 0.3) is 0 Å². The van der Waals surface area contributed by atoms with Crippen molar-refractivity contribution in [2.75, 3.05) is 11.9 Å². The van der Waals surface area contributed by atoms with Crippen LogP contribution in [0.25, 0.3) is 0 Å². The van der Waals surface area contributed by atoms with Gasteiger partial charge in [0, 0.05) is 17.3 Å². The van der Waals surface area contributed by atoms with Crippen LogP contribution in [0.5, 0.6) is 5.75 Å². The number of benzene rings is 1. The minimum Gasteiger partial charge on any atom is -0.482 e. The average molecular weight is 294 g/mol. The first kappa shape index (κ1) is 16.8. The molecule has 0 unspecified atom stereocenters. The number of hydrogen-bond acceptors (Lipinski definition) is 3. The number of amides is 2. The van der Waals surface area contributed by atoms with Crippen LogP contribution in [-0.2, 0) is 4.79 Å². The fourth-order valence-electron chi connectivity index (χ4n) is 1.97. The van der Waals surface area contributed by atoms with E-state index in [0.717, 1.165) is 12.8 Å². The topological polar surface area (TPSA) is 87.7 Å². The van der Waals surface area contributed by atoms with Crippen LogP contribution in [0.2, 0.25) is 0 Å². The summed E-state index contributed by atoms with van der Waals surface area (Å²) in [7, 11) is 0. The predicted octanol–water partition coefficient (Wildman–Crippen LogP) is 2.85. The lowest BCUT2D eigenvalue weighted by Gasteiger charge is -2.25. The summed E-state index contributed by atoms with van der Waals surface area (Å²) in [4.78, 5) is 22.4. The third kappa shape index (κ3) is 6.65. The number of rotatable bonds is 7. The molecule has 0 bridgehead atoms. The van der Waals surface area contributed by atoms with Crippen molar-refractivity contribution in [3.05, 3.63) is 24.3 Å². The Morgan fingerprint density at radius 3 is 2.67 bits per heavy atom. The lowest BCUT2D eigenvalue weighted by molar-refractivity contribution is -0.139. The molecule has 0 spiro atoms. The number of carbonyl (C=O) groups is 2. The van der Waals surface area contributed by atoms with Gasteiger partial charge in [-0.25, -0.2) is 9.59 Å². The highest BCUT2D eigenvalue weighted by Gasteiger charge is 2.19. The van der Waals surface area contributed by atoms with E-state index in [1.54, 1.807) is 24.3 Å². The zero-order valence-electron chi connectivity index (χ0n) is 12.6. The first-order chi connectivity index (χ1) is 9.82. The number of hydrogen-bond donors (Lipinski definition) is 3. The minimum atomic E-state index is -1.05. The Morgan fingerprint density at radius 1 is 1.33 bits per heavy atom. The third-order valence-corrected chi connectivity index (χ3v) is 2.78. The van der Waals surface area contributed by atoms with E-state index in [1.807, 2.05) is 13.8 Å². The summed E-state index contributed by atoms with van der Waals surface area (Å²) in [5.74, 6) is -0.657. The molecule has 0 saturated carbocycles. The average Bonchev–Trinajstić information content (AvgIpc) is 2.35. The number of carboxylic acids is 1. The van der Waals surface area contributed by atoms with Gasteiger partial charge in [-0.05, 0) is 32.4 Å². The summed E-state index contributed by atoms with van der Waals surface area (Å²) >= 11 is 0. The normalized spacial score (nSPS) is 10.8. The Morgan fingerprint density at radius 2 is 2.05 bits per heavy atom. The number of anilines is 1. The fraction of sp³-hybridized carbons (Fsp3) is 0.467. The molecule has 0 aliphatic heterocycles. The highest BCUT2D eigenvalue weighted by atomic mass is 16.5. The monoisotopic (exact) mass is 294 g/mol. The Balaban J connectivity index is 2.60. The van der Waals surface area contributed by atoms with E-state index >= 15 is 0 Å². The molecule has 0 aliphatic carbocycles. The van der Waals surface area contributed by atoms with E-state index < -0.39 is 12.6 Å². The largest absolute Gasteiger partial charge is 0.482 e. The zero-order chi connectivity index (χ0) is 15.9. The fourth-order valence-corrected chi connectivity index (χ4v) is 1.97. The van der Waals surface area contributed by atoms with E-state index in [1.165, 1.54) is 0 Å². The summed E-state index contributed by atoms with van der Waals surface area (Å²) in [6, 6.07) is 6.30. The van der Waals surface area contributed by atoms with Crippen LogP contribution in [0.15, 0.2) is 24.3 Å². The van der Waals surface area contributed by atoms with Crippen molar-refractivity contribution >= 4 is 17.7 Å². The van der Waals surface area contributed by atoms with Crippen molar-refractivity contribution in [1.29, 1.82) is 0 Å². The van der Waals surface area contributed by atoms with Gasteiger partial charge >= 0.3 is 12.0 Å². The third-order valence-electron chi connectivity index (χ3n) is 2.78. The second kappa shape index (κ2) is 7.52. The Labute approximate surface area is 124 Å². The number of carbonyl (C=O) groups excluding carboxylic acids is 1. The van der Waals surface area contributed by atoms with Gasteiger partial charge < -0.3 is 20.5 Å². The van der Waals surface area contributed by atoms with Crippen LogP contribution in [-0.4, -0.2) is 29.3 Å². The molecule has 6 nitrogen and oxygen atoms in total. The Hall–Kier alpha value is -2.24. The SMILES string of the molecule is CCCC(C)(C)NC(=O)Nc1cccc(OCC(=O)O)c1. The number of nitrogens with one attached hydrogen (secondary N) is 2. The molecule has 0 atom stereocenters. The maximum atomic E-state index is 11.9. The molecule has 116 valence electrons. The standard InChI is InChI=1S/C15H22N2O4/c1-4-8-15(2,3)17-14(20)16-11-6-5-7-12(9-11)21-10-13(18)19/h5-7,9H,4,8,10H2,1-3H3,(H,18,19)(H2,16,17,20). The molecule has 0 saturated heterocycles. The Kier molecular flexibility index (Phi) is 6.02. The highest BCUT2D eigenvalue weighted by molar-refractivity contribution is 5.89. The molecule has 0 fully saturated rings. The van der Waals surface area contributed by atoms with Crippen LogP contribution in [0.1, 0.15) is 33.6 Å². The van der Waals surface area contributed by atoms with Gasteiger partial charge in [-0.2, -0.15) is 0 Å². The quantitative estimate of drug-likeness (QED) is 0.721. The minimum absolute atomic E-state index is 0.281. The molecule has 21 heavy (non-hydrogen) atoms. The number of ether oxygens (including phenoxy) is 1. The second-order valence-electron chi connectivity index (χ2n) is 5.42. The molecule has 1 aromatic carbocycles. The van der Waals surface area contributed by atoms with Crippen molar-refractivity contribution in [3.63, 3.8) is 0 Å². The van der Waals surface area contributed by atoms with Crippen molar-refractivity contribution in [2.45, 2.75) is 39.2 Å². The molecule has 0 aromatic heterocycles. The molecule has 1 rings (SSSR count). The van der Waals surface area contributed by atoms with Crippen LogP contribution < -0.4 is 15.4 Å². The smallest absolute Gasteiger partial charge is 0.341 e. The van der Waals surface area contributed by atoms with E-state index in [9.17, 15) is 9.59 Å². The summed E-state index contributed by atoms with van der Waals surface area (Å²) in [5.41, 5.74) is 0.263. The molecule has 6 heteroatoms. The first-order valence-corrected chi connectivity index (χ1v) is 6.86. The first-order valence-electron chi connectivity index (χ1n) is 6.86.